The van der Waals surface area contributed by atoms with Crippen LogP contribution in [0.25, 0.3) is 10.9 Å². The number of rotatable bonds is 6. The summed E-state index contributed by atoms with van der Waals surface area (Å²) in [4.78, 5) is 17.6. The van der Waals surface area contributed by atoms with Crippen LogP contribution in [0.5, 0.6) is 0 Å². The molecule has 7 nitrogen and oxygen atoms in total. The highest BCUT2D eigenvalue weighted by atomic mass is 32.2. The van der Waals surface area contributed by atoms with Gasteiger partial charge in [-0.15, -0.1) is 0 Å². The zero-order chi connectivity index (χ0) is 18.9. The lowest BCUT2D eigenvalue weighted by Gasteiger charge is -2.15. The molecule has 9 heteroatoms. The number of hydrogen-bond acceptors (Lipinski definition) is 6. The molecule has 2 aromatic heterocycles. The van der Waals surface area contributed by atoms with Crippen molar-refractivity contribution in [2.24, 2.45) is 0 Å². The lowest BCUT2D eigenvalue weighted by Crippen LogP contribution is -2.28. The zero-order valence-corrected chi connectivity index (χ0v) is 16.2. The fourth-order valence-corrected chi connectivity index (χ4v) is 5.74. The number of thioether (sulfide) groups is 1. The maximum Gasteiger partial charge on any atom is 0.262 e. The molecule has 3 aromatic rings. The van der Waals surface area contributed by atoms with Crippen molar-refractivity contribution >= 4 is 32.7 Å². The van der Waals surface area contributed by atoms with Crippen LogP contribution in [0, 0.1) is 0 Å². The summed E-state index contributed by atoms with van der Waals surface area (Å²) in [6, 6.07) is 10.8. The predicted octanol–water partition coefficient (Wildman–Crippen LogP) is 2.17. The molecule has 0 spiro atoms. The monoisotopic (exact) mass is 405 g/mol. The van der Waals surface area contributed by atoms with Crippen LogP contribution in [-0.2, 0) is 16.6 Å². The largest absolute Gasteiger partial charge is 0.467 e. The maximum atomic E-state index is 13.0. The second-order valence-electron chi connectivity index (χ2n) is 6.30. The molecule has 0 unspecified atom stereocenters. The van der Waals surface area contributed by atoms with E-state index in [1.165, 1.54) is 16.1 Å². The number of nitrogens with zero attached hydrogens (tertiary/aromatic N) is 3. The first-order valence-electron chi connectivity index (χ1n) is 8.67. The van der Waals surface area contributed by atoms with Gasteiger partial charge in [-0.1, -0.05) is 23.9 Å². The average Bonchev–Trinajstić information content (AvgIpc) is 3.28. The van der Waals surface area contributed by atoms with Gasteiger partial charge in [0.25, 0.3) is 5.56 Å². The minimum absolute atomic E-state index is 0.131. The van der Waals surface area contributed by atoms with Gasteiger partial charge < -0.3 is 4.42 Å². The third-order valence-corrected chi connectivity index (χ3v) is 7.41. The maximum absolute atomic E-state index is 13.0. The van der Waals surface area contributed by atoms with Gasteiger partial charge in [-0.2, -0.15) is 0 Å². The van der Waals surface area contributed by atoms with Crippen molar-refractivity contribution in [1.82, 2.24) is 13.9 Å². The molecule has 0 N–H and O–H groups in total. The molecule has 1 aliphatic heterocycles. The third-order valence-electron chi connectivity index (χ3n) is 4.50. The van der Waals surface area contributed by atoms with Crippen molar-refractivity contribution in [1.29, 1.82) is 0 Å². The molecule has 0 radical (unpaired) electrons. The van der Waals surface area contributed by atoms with E-state index in [9.17, 15) is 13.2 Å². The standard InChI is InChI=1S/C18H19N3O4S2/c22-17-15-6-1-2-7-16(15)19-18(21(17)13-14-5-3-10-25-14)26-11-9-20-8-4-12-27(20,23)24/h1-3,5-7,10H,4,8-9,11-13H2. The van der Waals surface area contributed by atoms with E-state index in [1.807, 2.05) is 24.3 Å². The molecule has 142 valence electrons. The van der Waals surface area contributed by atoms with Crippen molar-refractivity contribution in [2.75, 3.05) is 24.6 Å². The predicted molar refractivity (Wildman–Crippen MR) is 105 cm³/mol. The Hall–Kier alpha value is -2.10. The molecule has 0 aliphatic carbocycles. The van der Waals surface area contributed by atoms with Gasteiger partial charge in [-0.05, 0) is 30.7 Å². The van der Waals surface area contributed by atoms with Gasteiger partial charge in [0.05, 0.1) is 29.5 Å². The molecular formula is C18H19N3O4S2. The molecule has 0 amide bonds. The van der Waals surface area contributed by atoms with E-state index in [0.29, 0.717) is 47.1 Å². The van der Waals surface area contributed by atoms with E-state index in [1.54, 1.807) is 23.0 Å². The number of para-hydroxylation sites is 1. The van der Waals surface area contributed by atoms with Crippen LogP contribution in [0.2, 0.25) is 0 Å². The number of furan rings is 1. The second kappa shape index (κ2) is 7.49. The summed E-state index contributed by atoms with van der Waals surface area (Å²) in [6.07, 6.45) is 2.24. The van der Waals surface area contributed by atoms with Crippen LogP contribution in [0.15, 0.2) is 57.0 Å². The minimum Gasteiger partial charge on any atom is -0.467 e. The Kier molecular flexibility index (Phi) is 5.07. The van der Waals surface area contributed by atoms with Crippen LogP contribution in [0.1, 0.15) is 12.2 Å². The molecule has 1 aromatic carbocycles. The van der Waals surface area contributed by atoms with Crippen molar-refractivity contribution < 1.29 is 12.8 Å². The molecule has 1 saturated heterocycles. The highest BCUT2D eigenvalue weighted by molar-refractivity contribution is 7.99. The first kappa shape index (κ1) is 18.3. The van der Waals surface area contributed by atoms with E-state index >= 15 is 0 Å². The Morgan fingerprint density at radius 3 is 2.78 bits per heavy atom. The summed E-state index contributed by atoms with van der Waals surface area (Å²) in [5.41, 5.74) is 0.503. The first-order valence-corrected chi connectivity index (χ1v) is 11.3. The van der Waals surface area contributed by atoms with E-state index in [-0.39, 0.29) is 17.9 Å². The van der Waals surface area contributed by atoms with Gasteiger partial charge in [-0.3, -0.25) is 9.36 Å². The molecule has 0 bridgehead atoms. The summed E-state index contributed by atoms with van der Waals surface area (Å²) in [5, 5.41) is 1.11. The lowest BCUT2D eigenvalue weighted by molar-refractivity contribution is 0.464. The number of aromatic nitrogens is 2. The fraction of sp³-hybridized carbons (Fsp3) is 0.333. The van der Waals surface area contributed by atoms with Gasteiger partial charge in [0.15, 0.2) is 5.16 Å². The topological polar surface area (TPSA) is 85.4 Å². The van der Waals surface area contributed by atoms with Gasteiger partial charge in [0, 0.05) is 18.8 Å². The van der Waals surface area contributed by atoms with Gasteiger partial charge in [0.2, 0.25) is 10.0 Å². The van der Waals surface area contributed by atoms with Crippen LogP contribution in [0.4, 0.5) is 0 Å². The third kappa shape index (κ3) is 3.80. The van der Waals surface area contributed by atoms with Gasteiger partial charge in [0.1, 0.15) is 5.76 Å². The molecule has 3 heterocycles. The normalized spacial score (nSPS) is 16.9. The molecule has 1 fully saturated rings. The molecule has 4 rings (SSSR count). The van der Waals surface area contributed by atoms with Crippen LogP contribution in [-0.4, -0.2) is 46.9 Å². The zero-order valence-electron chi connectivity index (χ0n) is 14.6. The summed E-state index contributed by atoms with van der Waals surface area (Å²) in [6.45, 7) is 1.26. The Balaban J connectivity index is 1.62. The number of benzene rings is 1. The van der Waals surface area contributed by atoms with Gasteiger partial charge in [-0.25, -0.2) is 17.7 Å². The summed E-state index contributed by atoms with van der Waals surface area (Å²) >= 11 is 1.39. The lowest BCUT2D eigenvalue weighted by atomic mass is 10.2. The van der Waals surface area contributed by atoms with Crippen molar-refractivity contribution in [2.45, 2.75) is 18.1 Å². The highest BCUT2D eigenvalue weighted by Crippen LogP contribution is 2.21. The first-order chi connectivity index (χ1) is 13.0. The SMILES string of the molecule is O=c1c2ccccc2nc(SCCN2CCCS2(=O)=O)n1Cc1ccco1. The second-order valence-corrected chi connectivity index (χ2v) is 9.45. The van der Waals surface area contributed by atoms with E-state index in [2.05, 4.69) is 4.98 Å². The van der Waals surface area contributed by atoms with E-state index in [0.717, 1.165) is 0 Å². The van der Waals surface area contributed by atoms with Crippen LogP contribution < -0.4 is 5.56 Å². The van der Waals surface area contributed by atoms with Crippen molar-refractivity contribution in [3.63, 3.8) is 0 Å². The fourth-order valence-electron chi connectivity index (χ4n) is 3.14. The average molecular weight is 406 g/mol. The molecule has 1 aliphatic rings. The van der Waals surface area contributed by atoms with E-state index < -0.39 is 10.0 Å². The molecule has 0 saturated carbocycles. The Labute approximate surface area is 161 Å². The number of fused-ring (bicyclic) bond motifs is 1. The Bertz CT molecular complexity index is 1110. The quantitative estimate of drug-likeness (QED) is 0.462. The smallest absolute Gasteiger partial charge is 0.262 e. The van der Waals surface area contributed by atoms with Crippen molar-refractivity contribution in [3.05, 3.63) is 58.8 Å². The van der Waals surface area contributed by atoms with Crippen LogP contribution in [0.3, 0.4) is 0 Å². The van der Waals surface area contributed by atoms with Gasteiger partial charge >= 0.3 is 0 Å². The summed E-state index contributed by atoms with van der Waals surface area (Å²) < 4.78 is 32.4. The van der Waals surface area contributed by atoms with Crippen LogP contribution >= 0.6 is 11.8 Å². The van der Waals surface area contributed by atoms with E-state index in [4.69, 9.17) is 4.42 Å². The Morgan fingerprint density at radius 1 is 1.19 bits per heavy atom. The van der Waals surface area contributed by atoms with Crippen molar-refractivity contribution in [3.8, 4) is 0 Å². The number of hydrogen-bond donors (Lipinski definition) is 0. The molecule has 0 atom stereocenters. The molecular weight excluding hydrogens is 386 g/mol. The summed E-state index contributed by atoms with van der Waals surface area (Å²) in [7, 11) is -3.12. The number of sulfonamides is 1. The minimum atomic E-state index is -3.12. The molecule has 27 heavy (non-hydrogen) atoms. The summed E-state index contributed by atoms with van der Waals surface area (Å²) in [5.74, 6) is 1.41. The Morgan fingerprint density at radius 2 is 2.04 bits per heavy atom. The highest BCUT2D eigenvalue weighted by Gasteiger charge is 2.27.